The van der Waals surface area contributed by atoms with E-state index in [9.17, 15) is 0 Å². The van der Waals surface area contributed by atoms with Gasteiger partial charge in [0.2, 0.25) is 0 Å². The maximum absolute atomic E-state index is 8.82. The van der Waals surface area contributed by atoms with Gasteiger partial charge in [-0.3, -0.25) is 0 Å². The quantitative estimate of drug-likeness (QED) is 0.573. The Hall–Kier alpha value is -1.31. The fourth-order valence-corrected chi connectivity index (χ4v) is 1.34. The molecule has 0 aromatic heterocycles. The normalized spacial score (nSPS) is 15.8. The van der Waals surface area contributed by atoms with Crippen LogP contribution in [0.5, 0.6) is 0 Å². The Kier molecular flexibility index (Phi) is 2.30. The number of hydrogen-bond acceptors (Lipinski definition) is 3. The van der Waals surface area contributed by atoms with Crippen LogP contribution in [0.3, 0.4) is 0 Å². The van der Waals surface area contributed by atoms with Crippen LogP contribution >= 0.6 is 0 Å². The van der Waals surface area contributed by atoms with E-state index in [1.807, 2.05) is 18.2 Å². The predicted octanol–water partition coefficient (Wildman–Crippen LogP) is 0.300. The molecule has 2 rings (SSSR count). The molecule has 0 aliphatic carbocycles. The molecule has 0 radical (unpaired) electrons. The van der Waals surface area contributed by atoms with Crippen LogP contribution in [-0.2, 0) is 9.31 Å². The van der Waals surface area contributed by atoms with Crippen LogP contribution < -0.4 is 5.46 Å². The summed E-state index contributed by atoms with van der Waals surface area (Å²) >= 11 is 0. The summed E-state index contributed by atoms with van der Waals surface area (Å²) in [6.07, 6.45) is 0. The number of hydrogen-bond donors (Lipinski definition) is 0. The van der Waals surface area contributed by atoms with E-state index in [1.165, 1.54) is 0 Å². The van der Waals surface area contributed by atoms with Gasteiger partial charge < -0.3 is 9.31 Å². The zero-order chi connectivity index (χ0) is 9.10. The maximum atomic E-state index is 8.82. The molecule has 1 fully saturated rings. The van der Waals surface area contributed by atoms with E-state index in [0.29, 0.717) is 18.8 Å². The van der Waals surface area contributed by atoms with E-state index >= 15 is 0 Å². The Labute approximate surface area is 77.0 Å². The van der Waals surface area contributed by atoms with Crippen molar-refractivity contribution in [2.45, 2.75) is 0 Å². The monoisotopic (exact) mass is 173 g/mol. The first-order valence-corrected chi connectivity index (χ1v) is 4.14. The molecule has 0 bridgehead atoms. The lowest BCUT2D eigenvalue weighted by atomic mass is 9.76. The summed E-state index contributed by atoms with van der Waals surface area (Å²) in [6, 6.07) is 9.44. The second kappa shape index (κ2) is 3.61. The molecule has 13 heavy (non-hydrogen) atoms. The minimum absolute atomic E-state index is 0.351. The number of nitrogens with zero attached hydrogens (tertiary/aromatic N) is 1. The van der Waals surface area contributed by atoms with Gasteiger partial charge in [0.25, 0.3) is 0 Å². The van der Waals surface area contributed by atoms with E-state index in [-0.39, 0.29) is 7.12 Å². The van der Waals surface area contributed by atoms with Crippen molar-refractivity contribution in [3.8, 4) is 6.07 Å². The minimum atomic E-state index is -0.351. The molecule has 0 amide bonds. The molecule has 1 aliphatic heterocycles. The Morgan fingerprint density at radius 3 is 2.62 bits per heavy atom. The van der Waals surface area contributed by atoms with Gasteiger partial charge in [0.1, 0.15) is 0 Å². The summed E-state index contributed by atoms with van der Waals surface area (Å²) in [6.45, 7) is 1.20. The lowest BCUT2D eigenvalue weighted by Gasteiger charge is -2.04. The van der Waals surface area contributed by atoms with Crippen LogP contribution in [0.2, 0.25) is 0 Å². The third kappa shape index (κ3) is 1.57. The molecule has 0 unspecified atom stereocenters. The maximum Gasteiger partial charge on any atom is 0.495 e. The molecule has 64 valence electrons. The summed E-state index contributed by atoms with van der Waals surface area (Å²) in [5, 5.41) is 8.82. The van der Waals surface area contributed by atoms with Gasteiger partial charge >= 0.3 is 7.12 Å². The first-order valence-electron chi connectivity index (χ1n) is 4.14. The standard InChI is InChI=1S/C9H8BNO2/c11-7-8-3-1-2-4-9(8)10-12-5-6-13-10/h1-4H,5-6H2. The highest BCUT2D eigenvalue weighted by molar-refractivity contribution is 6.62. The zero-order valence-corrected chi connectivity index (χ0v) is 7.06. The molecule has 1 aromatic rings. The summed E-state index contributed by atoms with van der Waals surface area (Å²) < 4.78 is 10.6. The van der Waals surface area contributed by atoms with Crippen LogP contribution in [-0.4, -0.2) is 20.3 Å². The Bertz CT molecular complexity index is 342. The average Bonchev–Trinajstić information content (AvgIpc) is 2.70. The SMILES string of the molecule is N#Cc1ccccc1B1OCCO1. The lowest BCUT2D eigenvalue weighted by molar-refractivity contribution is 0.365. The Morgan fingerprint density at radius 1 is 1.23 bits per heavy atom. The minimum Gasteiger partial charge on any atom is -0.405 e. The van der Waals surface area contributed by atoms with Crippen LogP contribution in [0.1, 0.15) is 5.56 Å². The summed E-state index contributed by atoms with van der Waals surface area (Å²) in [5.41, 5.74) is 1.44. The summed E-state index contributed by atoms with van der Waals surface area (Å²) in [5.74, 6) is 0. The molecule has 4 heteroatoms. The zero-order valence-electron chi connectivity index (χ0n) is 7.06. The molecule has 1 heterocycles. The highest BCUT2D eigenvalue weighted by Crippen LogP contribution is 2.03. The highest BCUT2D eigenvalue weighted by atomic mass is 16.6. The molecule has 0 atom stereocenters. The van der Waals surface area contributed by atoms with E-state index in [2.05, 4.69) is 6.07 Å². The first-order chi connectivity index (χ1) is 6.42. The third-order valence-corrected chi connectivity index (χ3v) is 1.96. The molecule has 0 spiro atoms. The van der Waals surface area contributed by atoms with Crippen molar-refractivity contribution in [2.24, 2.45) is 0 Å². The highest BCUT2D eigenvalue weighted by Gasteiger charge is 2.28. The van der Waals surface area contributed by atoms with Crippen molar-refractivity contribution in [3.05, 3.63) is 29.8 Å². The van der Waals surface area contributed by atoms with Crippen LogP contribution in [0, 0.1) is 11.3 Å². The molecule has 1 aromatic carbocycles. The summed E-state index contributed by atoms with van der Waals surface area (Å²) in [4.78, 5) is 0. The topological polar surface area (TPSA) is 42.2 Å². The molecule has 1 aliphatic rings. The smallest absolute Gasteiger partial charge is 0.405 e. The van der Waals surface area contributed by atoms with Gasteiger partial charge in [-0.25, -0.2) is 0 Å². The van der Waals surface area contributed by atoms with Crippen LogP contribution in [0.25, 0.3) is 0 Å². The molecule has 0 saturated carbocycles. The van der Waals surface area contributed by atoms with Crippen molar-refractivity contribution in [1.29, 1.82) is 5.26 Å². The lowest BCUT2D eigenvalue weighted by Crippen LogP contribution is -2.33. The largest absolute Gasteiger partial charge is 0.495 e. The van der Waals surface area contributed by atoms with Gasteiger partial charge in [-0.15, -0.1) is 0 Å². The summed E-state index contributed by atoms with van der Waals surface area (Å²) in [7, 11) is -0.351. The third-order valence-electron chi connectivity index (χ3n) is 1.96. The number of rotatable bonds is 1. The second-order valence-electron chi connectivity index (χ2n) is 2.77. The fraction of sp³-hybridized carbons (Fsp3) is 0.222. The van der Waals surface area contributed by atoms with Crippen molar-refractivity contribution >= 4 is 12.6 Å². The van der Waals surface area contributed by atoms with E-state index in [0.717, 1.165) is 5.46 Å². The van der Waals surface area contributed by atoms with Crippen molar-refractivity contribution < 1.29 is 9.31 Å². The van der Waals surface area contributed by atoms with Crippen molar-refractivity contribution in [3.63, 3.8) is 0 Å². The van der Waals surface area contributed by atoms with Crippen LogP contribution in [0.15, 0.2) is 24.3 Å². The van der Waals surface area contributed by atoms with E-state index in [4.69, 9.17) is 14.6 Å². The van der Waals surface area contributed by atoms with Crippen LogP contribution in [0.4, 0.5) is 0 Å². The molecule has 1 saturated heterocycles. The van der Waals surface area contributed by atoms with Gasteiger partial charge in [0.15, 0.2) is 0 Å². The molecular weight excluding hydrogens is 165 g/mol. The van der Waals surface area contributed by atoms with Gasteiger partial charge in [0, 0.05) is 5.46 Å². The molecule has 0 N–H and O–H groups in total. The van der Waals surface area contributed by atoms with Gasteiger partial charge in [0.05, 0.1) is 24.8 Å². The second-order valence-corrected chi connectivity index (χ2v) is 2.77. The number of benzene rings is 1. The van der Waals surface area contributed by atoms with Gasteiger partial charge in [-0.1, -0.05) is 18.2 Å². The first kappa shape index (κ1) is 8.30. The molecule has 3 nitrogen and oxygen atoms in total. The van der Waals surface area contributed by atoms with E-state index < -0.39 is 0 Å². The fourth-order valence-electron chi connectivity index (χ4n) is 1.34. The Balaban J connectivity index is 2.33. The van der Waals surface area contributed by atoms with Gasteiger partial charge in [-0.2, -0.15) is 5.26 Å². The average molecular weight is 173 g/mol. The molecular formula is C9H8BNO2. The Morgan fingerprint density at radius 2 is 1.92 bits per heavy atom. The van der Waals surface area contributed by atoms with E-state index in [1.54, 1.807) is 6.07 Å². The van der Waals surface area contributed by atoms with Crippen molar-refractivity contribution in [1.82, 2.24) is 0 Å². The predicted molar refractivity (Wildman–Crippen MR) is 48.4 cm³/mol. The number of nitriles is 1. The van der Waals surface area contributed by atoms with Gasteiger partial charge in [-0.05, 0) is 6.07 Å². The van der Waals surface area contributed by atoms with Crippen molar-refractivity contribution in [2.75, 3.05) is 13.2 Å².